The third-order valence-electron chi connectivity index (χ3n) is 6.94. The van der Waals surface area contributed by atoms with Crippen molar-refractivity contribution in [3.63, 3.8) is 0 Å². The van der Waals surface area contributed by atoms with Crippen LogP contribution >= 0.6 is 27.7 Å². The van der Waals surface area contributed by atoms with E-state index >= 15 is 0 Å². The number of aryl methyl sites for hydroxylation is 1. The van der Waals surface area contributed by atoms with Gasteiger partial charge < -0.3 is 9.47 Å². The zero-order valence-electron chi connectivity index (χ0n) is 18.9. The number of hydrogen-bond donors (Lipinski definition) is 0. The van der Waals surface area contributed by atoms with E-state index in [1.54, 1.807) is 18.7 Å². The summed E-state index contributed by atoms with van der Waals surface area (Å²) >= 11 is 5.15. The summed E-state index contributed by atoms with van der Waals surface area (Å²) in [6, 6.07) is 11.2. The number of alkyl halides is 3. The van der Waals surface area contributed by atoms with Crippen molar-refractivity contribution in [2.75, 3.05) is 25.4 Å². The minimum Gasteiger partial charge on any atom is -0.305 e. The second kappa shape index (κ2) is 8.95. The van der Waals surface area contributed by atoms with Gasteiger partial charge in [0.25, 0.3) is 0 Å². The molecular formula is C24H25BrF3N5S. The third kappa shape index (κ3) is 4.52. The summed E-state index contributed by atoms with van der Waals surface area (Å²) in [6.07, 6.45) is -2.13. The number of benzene rings is 1. The molecule has 2 aromatic heterocycles. The van der Waals surface area contributed by atoms with Gasteiger partial charge in [-0.15, -0.1) is 10.2 Å². The number of hydrogen-bond acceptors (Lipinski definition) is 5. The van der Waals surface area contributed by atoms with Gasteiger partial charge in [0.1, 0.15) is 5.69 Å². The van der Waals surface area contributed by atoms with E-state index in [-0.39, 0.29) is 5.69 Å². The molecule has 5 nitrogen and oxygen atoms in total. The van der Waals surface area contributed by atoms with Gasteiger partial charge in [-0.25, -0.2) is 4.98 Å². The van der Waals surface area contributed by atoms with Crippen LogP contribution in [-0.2, 0) is 18.6 Å². The quantitative estimate of drug-likeness (QED) is 0.277. The van der Waals surface area contributed by atoms with E-state index in [2.05, 4.69) is 60.3 Å². The SMILES string of the molecule is Cc1nc(C(F)(F)F)ccc1-c1nnc(SCCCN2C[C@@H]3C[C@]3(c3ccc(Br)cc3)C2)n1C. The average Bonchev–Trinajstić information content (AvgIpc) is 3.16. The molecule has 34 heavy (non-hydrogen) atoms. The number of rotatable bonds is 7. The summed E-state index contributed by atoms with van der Waals surface area (Å²) < 4.78 is 41.7. The Morgan fingerprint density at radius 1 is 1.15 bits per heavy atom. The normalized spacial score (nSPS) is 22.2. The van der Waals surface area contributed by atoms with E-state index in [1.165, 1.54) is 18.1 Å². The van der Waals surface area contributed by atoms with Crippen molar-refractivity contribution in [2.45, 2.75) is 36.5 Å². The van der Waals surface area contributed by atoms with Crippen LogP contribution in [-0.4, -0.2) is 50.0 Å². The molecule has 1 aliphatic carbocycles. The highest BCUT2D eigenvalue weighted by atomic mass is 79.9. The predicted octanol–water partition coefficient (Wildman–Crippen LogP) is 5.72. The van der Waals surface area contributed by atoms with Crippen molar-refractivity contribution in [1.29, 1.82) is 0 Å². The number of aromatic nitrogens is 4. The Bertz CT molecular complexity index is 1200. The molecule has 0 N–H and O–H groups in total. The number of likely N-dealkylation sites (tertiary alicyclic amines) is 1. The number of nitrogens with zero attached hydrogens (tertiary/aromatic N) is 5. The molecule has 0 amide bonds. The van der Waals surface area contributed by atoms with Crippen LogP contribution in [0.25, 0.3) is 11.4 Å². The van der Waals surface area contributed by atoms with Crippen LogP contribution in [0, 0.1) is 12.8 Å². The van der Waals surface area contributed by atoms with Crippen molar-refractivity contribution in [1.82, 2.24) is 24.6 Å². The Morgan fingerprint density at radius 2 is 1.91 bits per heavy atom. The Kier molecular flexibility index (Phi) is 6.27. The molecule has 1 aromatic carbocycles. The van der Waals surface area contributed by atoms with Crippen molar-refractivity contribution in [2.24, 2.45) is 13.0 Å². The Hall–Kier alpha value is -1.91. The second-order valence-corrected chi connectivity index (χ2v) is 11.2. The second-order valence-electron chi connectivity index (χ2n) is 9.19. The lowest BCUT2D eigenvalue weighted by Crippen LogP contribution is -2.27. The Labute approximate surface area is 209 Å². The van der Waals surface area contributed by atoms with Gasteiger partial charge in [-0.1, -0.05) is 39.8 Å². The summed E-state index contributed by atoms with van der Waals surface area (Å²) in [5.74, 6) is 2.20. The molecule has 10 heteroatoms. The molecule has 0 bridgehead atoms. The van der Waals surface area contributed by atoms with Crippen LogP contribution < -0.4 is 0 Å². The standard InChI is InChI=1S/C24H25BrF3N5S/c1-15-19(8-9-20(29-15)24(26,27)28)21-30-31-22(32(21)2)34-11-3-10-33-13-17-12-23(17,14-33)16-4-6-18(25)7-5-16/h4-9,17H,3,10-14H2,1-2H3/t17-,23+/m0/s1. The highest BCUT2D eigenvalue weighted by Gasteiger charge is 2.60. The summed E-state index contributed by atoms with van der Waals surface area (Å²) in [5, 5.41) is 9.23. The van der Waals surface area contributed by atoms with Crippen LogP contribution in [0.3, 0.4) is 0 Å². The molecule has 3 aromatic rings. The molecule has 2 atom stereocenters. The summed E-state index contributed by atoms with van der Waals surface area (Å²) in [7, 11) is 1.84. The van der Waals surface area contributed by atoms with Crippen LogP contribution in [0.5, 0.6) is 0 Å². The fourth-order valence-corrected chi connectivity index (χ4v) is 6.17. The number of pyridine rings is 1. The van der Waals surface area contributed by atoms with Gasteiger partial charge in [0.15, 0.2) is 11.0 Å². The van der Waals surface area contributed by atoms with Crippen molar-refractivity contribution >= 4 is 27.7 Å². The van der Waals surface area contributed by atoms with Crippen molar-refractivity contribution in [3.8, 4) is 11.4 Å². The van der Waals surface area contributed by atoms with Gasteiger partial charge in [-0.3, -0.25) is 0 Å². The number of piperidine rings is 1. The van der Waals surface area contributed by atoms with E-state index < -0.39 is 11.9 Å². The molecule has 0 radical (unpaired) electrons. The molecule has 1 saturated carbocycles. The fourth-order valence-electron chi connectivity index (χ4n) is 5.07. The molecule has 0 unspecified atom stereocenters. The fraction of sp³-hybridized carbons (Fsp3) is 0.458. The summed E-state index contributed by atoms with van der Waals surface area (Å²) in [6.45, 7) is 4.90. The van der Waals surface area contributed by atoms with Gasteiger partial charge >= 0.3 is 6.18 Å². The Balaban J connectivity index is 1.15. The lowest BCUT2D eigenvalue weighted by molar-refractivity contribution is -0.141. The van der Waals surface area contributed by atoms with E-state index in [1.807, 2.05) is 11.6 Å². The van der Waals surface area contributed by atoms with Gasteiger partial charge in [0, 0.05) is 47.0 Å². The smallest absolute Gasteiger partial charge is 0.305 e. The molecule has 1 saturated heterocycles. The number of halogens is 4. The van der Waals surface area contributed by atoms with Gasteiger partial charge in [-0.2, -0.15) is 13.2 Å². The number of fused-ring (bicyclic) bond motifs is 1. The first-order valence-electron chi connectivity index (χ1n) is 11.2. The van der Waals surface area contributed by atoms with E-state index in [0.29, 0.717) is 16.8 Å². The molecular weight excluding hydrogens is 527 g/mol. The molecule has 5 rings (SSSR count). The maximum atomic E-state index is 12.9. The first kappa shape index (κ1) is 23.8. The Morgan fingerprint density at radius 3 is 2.62 bits per heavy atom. The molecule has 1 aliphatic heterocycles. The third-order valence-corrected chi connectivity index (χ3v) is 8.57. The molecule has 0 spiro atoms. The topological polar surface area (TPSA) is 46.8 Å². The van der Waals surface area contributed by atoms with Crippen LogP contribution in [0.15, 0.2) is 46.0 Å². The van der Waals surface area contributed by atoms with Crippen molar-refractivity contribution < 1.29 is 13.2 Å². The van der Waals surface area contributed by atoms with Gasteiger partial charge in [0.05, 0.1) is 0 Å². The summed E-state index contributed by atoms with van der Waals surface area (Å²) in [5.41, 5.74) is 1.75. The van der Waals surface area contributed by atoms with Crippen LogP contribution in [0.2, 0.25) is 0 Å². The van der Waals surface area contributed by atoms with Gasteiger partial charge in [-0.05, 0) is 62.1 Å². The first-order valence-corrected chi connectivity index (χ1v) is 13.0. The van der Waals surface area contributed by atoms with Gasteiger partial charge in [0.2, 0.25) is 0 Å². The zero-order chi connectivity index (χ0) is 24.1. The predicted molar refractivity (Wildman–Crippen MR) is 130 cm³/mol. The zero-order valence-corrected chi connectivity index (χ0v) is 21.3. The molecule has 3 heterocycles. The maximum absolute atomic E-state index is 12.9. The largest absolute Gasteiger partial charge is 0.433 e. The van der Waals surface area contributed by atoms with E-state index in [0.717, 1.165) is 53.4 Å². The van der Waals surface area contributed by atoms with Crippen LogP contribution in [0.4, 0.5) is 13.2 Å². The maximum Gasteiger partial charge on any atom is 0.433 e. The lowest BCUT2D eigenvalue weighted by atomic mass is 9.95. The average molecular weight is 552 g/mol. The van der Waals surface area contributed by atoms with E-state index in [4.69, 9.17) is 0 Å². The number of thioether (sulfide) groups is 1. The minimum atomic E-state index is -4.46. The lowest BCUT2D eigenvalue weighted by Gasteiger charge is -2.21. The van der Waals surface area contributed by atoms with Crippen molar-refractivity contribution in [3.05, 3.63) is 57.8 Å². The monoisotopic (exact) mass is 551 g/mol. The highest BCUT2D eigenvalue weighted by molar-refractivity contribution is 9.10. The first-order chi connectivity index (χ1) is 16.2. The molecule has 180 valence electrons. The van der Waals surface area contributed by atoms with E-state index in [9.17, 15) is 13.2 Å². The molecule has 2 aliphatic rings. The molecule has 2 fully saturated rings. The highest BCUT2D eigenvalue weighted by Crippen LogP contribution is 2.59. The van der Waals surface area contributed by atoms with Crippen LogP contribution in [0.1, 0.15) is 29.8 Å². The summed E-state index contributed by atoms with van der Waals surface area (Å²) in [4.78, 5) is 6.28. The minimum absolute atomic E-state index is 0.286.